The van der Waals surface area contributed by atoms with Gasteiger partial charge in [0.1, 0.15) is 0 Å². The predicted octanol–water partition coefficient (Wildman–Crippen LogP) is 2.91. The first-order valence-corrected chi connectivity index (χ1v) is 7.53. The molecule has 3 unspecified atom stereocenters. The van der Waals surface area contributed by atoms with Crippen LogP contribution in [0.15, 0.2) is 12.3 Å². The van der Waals surface area contributed by atoms with Crippen LogP contribution in [-0.4, -0.2) is 15.8 Å². The molecule has 2 aliphatic rings. The third-order valence-electron chi connectivity index (χ3n) is 4.78. The second-order valence-corrected chi connectivity index (χ2v) is 6.32. The van der Waals surface area contributed by atoms with Gasteiger partial charge in [-0.3, -0.25) is 4.68 Å². The smallest absolute Gasteiger partial charge is 0.0640 e. The summed E-state index contributed by atoms with van der Waals surface area (Å²) in [7, 11) is 0. The molecule has 2 aliphatic carbocycles. The third-order valence-corrected chi connectivity index (χ3v) is 4.78. The maximum absolute atomic E-state index is 6.24. The van der Waals surface area contributed by atoms with Crippen molar-refractivity contribution in [2.75, 3.05) is 0 Å². The molecule has 2 fully saturated rings. The Labute approximate surface area is 110 Å². The van der Waals surface area contributed by atoms with Crippen LogP contribution in [0.4, 0.5) is 0 Å². The molecule has 0 aromatic carbocycles. The van der Waals surface area contributed by atoms with Crippen LogP contribution in [-0.2, 0) is 6.42 Å². The van der Waals surface area contributed by atoms with Crippen molar-refractivity contribution in [2.45, 2.75) is 64.0 Å². The maximum Gasteiger partial charge on any atom is 0.0640 e. The van der Waals surface area contributed by atoms with E-state index in [1.54, 1.807) is 0 Å². The topological polar surface area (TPSA) is 43.8 Å². The van der Waals surface area contributed by atoms with E-state index >= 15 is 0 Å². The molecule has 0 aliphatic heterocycles. The van der Waals surface area contributed by atoms with E-state index in [0.717, 1.165) is 18.3 Å². The van der Waals surface area contributed by atoms with E-state index in [2.05, 4.69) is 23.9 Å². The first kappa shape index (κ1) is 12.2. The van der Waals surface area contributed by atoms with E-state index in [1.807, 2.05) is 0 Å². The Kier molecular flexibility index (Phi) is 3.42. The third kappa shape index (κ3) is 2.61. The van der Waals surface area contributed by atoms with Gasteiger partial charge in [-0.05, 0) is 37.2 Å². The van der Waals surface area contributed by atoms with Gasteiger partial charge in [0.15, 0.2) is 0 Å². The van der Waals surface area contributed by atoms with E-state index in [0.29, 0.717) is 12.1 Å². The number of nitrogens with zero attached hydrogens (tertiary/aromatic N) is 2. The Bertz CT molecular complexity index is 392. The SMILES string of the molecule is CC1CC1C(N)Cc1ccn(C2CCCCC2)n1. The molecule has 0 bridgehead atoms. The average molecular weight is 247 g/mol. The van der Waals surface area contributed by atoms with Crippen molar-refractivity contribution < 1.29 is 0 Å². The zero-order valence-corrected chi connectivity index (χ0v) is 11.4. The summed E-state index contributed by atoms with van der Waals surface area (Å²) in [5.74, 6) is 1.57. The first-order chi connectivity index (χ1) is 8.74. The van der Waals surface area contributed by atoms with E-state index in [9.17, 15) is 0 Å². The molecule has 3 heteroatoms. The van der Waals surface area contributed by atoms with Crippen molar-refractivity contribution in [3.05, 3.63) is 18.0 Å². The molecule has 18 heavy (non-hydrogen) atoms. The lowest BCUT2D eigenvalue weighted by Gasteiger charge is -2.21. The minimum atomic E-state index is 0.315. The molecule has 2 saturated carbocycles. The summed E-state index contributed by atoms with van der Waals surface area (Å²) >= 11 is 0. The summed E-state index contributed by atoms with van der Waals surface area (Å²) in [6.07, 6.45) is 11.1. The van der Waals surface area contributed by atoms with Crippen LogP contribution < -0.4 is 5.73 Å². The summed E-state index contributed by atoms with van der Waals surface area (Å²) in [5, 5.41) is 4.75. The van der Waals surface area contributed by atoms with Gasteiger partial charge in [0, 0.05) is 18.7 Å². The molecule has 0 amide bonds. The molecule has 0 spiro atoms. The molecule has 1 aromatic rings. The normalized spacial score (nSPS) is 30.3. The zero-order chi connectivity index (χ0) is 12.5. The van der Waals surface area contributed by atoms with Crippen molar-refractivity contribution in [1.82, 2.24) is 9.78 Å². The van der Waals surface area contributed by atoms with Gasteiger partial charge < -0.3 is 5.73 Å². The van der Waals surface area contributed by atoms with Crippen LogP contribution in [0.5, 0.6) is 0 Å². The quantitative estimate of drug-likeness (QED) is 0.889. The molecule has 0 saturated heterocycles. The Morgan fingerprint density at radius 2 is 2.11 bits per heavy atom. The number of rotatable bonds is 4. The fraction of sp³-hybridized carbons (Fsp3) is 0.800. The van der Waals surface area contributed by atoms with Crippen LogP contribution in [0, 0.1) is 11.8 Å². The van der Waals surface area contributed by atoms with Gasteiger partial charge in [0.2, 0.25) is 0 Å². The largest absolute Gasteiger partial charge is 0.327 e. The fourth-order valence-electron chi connectivity index (χ4n) is 3.38. The lowest BCUT2D eigenvalue weighted by molar-refractivity contribution is 0.327. The van der Waals surface area contributed by atoms with Crippen molar-refractivity contribution in [1.29, 1.82) is 0 Å². The van der Waals surface area contributed by atoms with Crippen LogP contribution in [0.25, 0.3) is 0 Å². The summed E-state index contributed by atoms with van der Waals surface area (Å²) in [4.78, 5) is 0. The maximum atomic E-state index is 6.24. The van der Waals surface area contributed by atoms with E-state index < -0.39 is 0 Å². The van der Waals surface area contributed by atoms with Crippen molar-refractivity contribution >= 4 is 0 Å². The predicted molar refractivity (Wildman–Crippen MR) is 73.3 cm³/mol. The number of aromatic nitrogens is 2. The molecule has 0 radical (unpaired) electrons. The Morgan fingerprint density at radius 1 is 1.39 bits per heavy atom. The second-order valence-electron chi connectivity index (χ2n) is 6.32. The highest BCUT2D eigenvalue weighted by molar-refractivity contribution is 5.05. The van der Waals surface area contributed by atoms with Gasteiger partial charge in [0.05, 0.1) is 11.7 Å². The van der Waals surface area contributed by atoms with Gasteiger partial charge in [-0.15, -0.1) is 0 Å². The molecule has 1 aromatic heterocycles. The zero-order valence-electron chi connectivity index (χ0n) is 11.4. The second kappa shape index (κ2) is 5.04. The summed E-state index contributed by atoms with van der Waals surface area (Å²) in [6.45, 7) is 2.30. The van der Waals surface area contributed by atoms with Crippen molar-refractivity contribution in [3.63, 3.8) is 0 Å². The van der Waals surface area contributed by atoms with Gasteiger partial charge in [-0.1, -0.05) is 26.2 Å². The Morgan fingerprint density at radius 3 is 2.78 bits per heavy atom. The van der Waals surface area contributed by atoms with Gasteiger partial charge >= 0.3 is 0 Å². The van der Waals surface area contributed by atoms with Crippen LogP contribution >= 0.6 is 0 Å². The highest BCUT2D eigenvalue weighted by Crippen LogP contribution is 2.40. The minimum Gasteiger partial charge on any atom is -0.327 e. The summed E-state index contributed by atoms with van der Waals surface area (Å²) < 4.78 is 2.19. The number of hydrogen-bond acceptors (Lipinski definition) is 2. The van der Waals surface area contributed by atoms with Gasteiger partial charge in [-0.25, -0.2) is 0 Å². The van der Waals surface area contributed by atoms with E-state index in [-0.39, 0.29) is 0 Å². The molecule has 1 heterocycles. The van der Waals surface area contributed by atoms with Crippen LogP contribution in [0.2, 0.25) is 0 Å². The summed E-state index contributed by atoms with van der Waals surface area (Å²) in [6, 6.07) is 3.12. The van der Waals surface area contributed by atoms with Crippen molar-refractivity contribution in [3.8, 4) is 0 Å². The van der Waals surface area contributed by atoms with Crippen molar-refractivity contribution in [2.24, 2.45) is 17.6 Å². The highest BCUT2D eigenvalue weighted by atomic mass is 15.3. The molecule has 3 atom stereocenters. The lowest BCUT2D eigenvalue weighted by Crippen LogP contribution is -2.26. The standard InChI is InChI=1S/C15H25N3/c1-11-9-14(11)15(16)10-12-7-8-18(17-12)13-5-3-2-4-6-13/h7-8,11,13-15H,2-6,9-10,16H2,1H3. The molecule has 3 nitrogen and oxygen atoms in total. The molecular formula is C15H25N3. The molecule has 3 rings (SSSR count). The van der Waals surface area contributed by atoms with Crippen LogP contribution in [0.1, 0.15) is 57.2 Å². The lowest BCUT2D eigenvalue weighted by atomic mass is 9.96. The van der Waals surface area contributed by atoms with Crippen LogP contribution in [0.3, 0.4) is 0 Å². The fourth-order valence-corrected chi connectivity index (χ4v) is 3.38. The Balaban J connectivity index is 1.58. The molecule has 100 valence electrons. The molecule has 2 N–H and O–H groups in total. The number of nitrogens with two attached hydrogens (primary N) is 1. The number of hydrogen-bond donors (Lipinski definition) is 1. The van der Waals surface area contributed by atoms with E-state index in [4.69, 9.17) is 10.8 Å². The monoisotopic (exact) mass is 247 g/mol. The van der Waals surface area contributed by atoms with Gasteiger partial charge in [0.25, 0.3) is 0 Å². The minimum absolute atomic E-state index is 0.315. The first-order valence-electron chi connectivity index (χ1n) is 7.53. The van der Waals surface area contributed by atoms with E-state index in [1.165, 1.54) is 44.2 Å². The van der Waals surface area contributed by atoms with Gasteiger partial charge in [-0.2, -0.15) is 5.10 Å². The summed E-state index contributed by atoms with van der Waals surface area (Å²) in [5.41, 5.74) is 7.43. The highest BCUT2D eigenvalue weighted by Gasteiger charge is 2.37. The Hall–Kier alpha value is -0.830. The molecular weight excluding hydrogens is 222 g/mol. The average Bonchev–Trinajstić information content (AvgIpc) is 2.95.